The van der Waals surface area contributed by atoms with Crippen LogP contribution in [0, 0.1) is 0 Å². The Balaban J connectivity index is 1.48. The lowest BCUT2D eigenvalue weighted by Gasteiger charge is -2.45. The maximum atomic E-state index is 14.6. The van der Waals surface area contributed by atoms with Crippen molar-refractivity contribution in [2.24, 2.45) is 0 Å². The molecular formula is C37H40Cl3O9P. The van der Waals surface area contributed by atoms with Crippen LogP contribution in [-0.2, 0) is 68.2 Å². The van der Waals surface area contributed by atoms with Gasteiger partial charge in [-0.05, 0) is 22.3 Å². The van der Waals surface area contributed by atoms with Gasteiger partial charge in [-0.1, -0.05) is 156 Å². The number of methoxy groups -OCH3 is 1. The second kappa shape index (κ2) is 19.5. The molecule has 1 saturated heterocycles. The van der Waals surface area contributed by atoms with Gasteiger partial charge >= 0.3 is 7.82 Å². The van der Waals surface area contributed by atoms with Crippen LogP contribution < -0.4 is 0 Å². The van der Waals surface area contributed by atoms with Crippen molar-refractivity contribution in [3.8, 4) is 0 Å². The van der Waals surface area contributed by atoms with Crippen LogP contribution in [-0.4, -0.2) is 54.8 Å². The summed E-state index contributed by atoms with van der Waals surface area (Å²) in [5, 5.41) is 0. The molecular weight excluding hydrogens is 726 g/mol. The molecule has 0 saturated carbocycles. The van der Waals surface area contributed by atoms with E-state index in [2.05, 4.69) is 0 Å². The minimum Gasteiger partial charge on any atom is -0.374 e. The summed E-state index contributed by atoms with van der Waals surface area (Å²) in [6.45, 7) is -0.00659. The first-order valence-electron chi connectivity index (χ1n) is 16.0. The number of ether oxygens (including phenoxy) is 5. The standard InChI is InChI=1S/C37H40Cl3O9P/c1-42-36-35(45-24-30-18-10-4-11-19-30)34(49-50(41,47-27-37(38,39)40)46-25-31-20-12-5-13-21-31)33(44-23-29-16-8-3-9-17-29)32(48-36)26-43-22-28-14-6-2-7-15-28/h2-21,32-36H,22-27H2,1H3/t32-,33-,34+,35+,36+,50?/m1/s1. The van der Waals surface area contributed by atoms with Crippen LogP contribution in [0.25, 0.3) is 0 Å². The molecule has 1 aliphatic rings. The van der Waals surface area contributed by atoms with Gasteiger partial charge in [0.05, 0.1) is 33.0 Å². The molecule has 50 heavy (non-hydrogen) atoms. The molecule has 4 aromatic carbocycles. The van der Waals surface area contributed by atoms with Gasteiger partial charge in [-0.3, -0.25) is 13.6 Å². The summed E-state index contributed by atoms with van der Waals surface area (Å²) in [7, 11) is -3.03. The summed E-state index contributed by atoms with van der Waals surface area (Å²) in [6.07, 6.45) is -4.84. The second-order valence-corrected chi connectivity index (χ2v) is 15.6. The molecule has 1 unspecified atom stereocenters. The van der Waals surface area contributed by atoms with E-state index in [9.17, 15) is 4.57 Å². The van der Waals surface area contributed by atoms with Gasteiger partial charge < -0.3 is 23.7 Å². The largest absolute Gasteiger partial charge is 0.475 e. The molecule has 0 N–H and O–H groups in total. The van der Waals surface area contributed by atoms with E-state index in [0.29, 0.717) is 6.61 Å². The maximum absolute atomic E-state index is 14.6. The number of phosphoric acid groups is 1. The van der Waals surface area contributed by atoms with Crippen molar-refractivity contribution in [3.05, 3.63) is 144 Å². The monoisotopic (exact) mass is 764 g/mol. The Morgan fingerprint density at radius 1 is 0.620 bits per heavy atom. The normalized spacial score (nSPS) is 22.2. The van der Waals surface area contributed by atoms with E-state index < -0.39 is 48.9 Å². The van der Waals surface area contributed by atoms with Gasteiger partial charge in [0.15, 0.2) is 6.29 Å². The second-order valence-electron chi connectivity index (χ2n) is 11.5. The summed E-state index contributed by atoms with van der Waals surface area (Å²) < 4.78 is 62.0. The van der Waals surface area contributed by atoms with Gasteiger partial charge in [0.1, 0.15) is 31.0 Å². The van der Waals surface area contributed by atoms with Gasteiger partial charge in [0.2, 0.25) is 3.79 Å². The Morgan fingerprint density at radius 3 is 1.56 bits per heavy atom. The van der Waals surface area contributed by atoms with E-state index >= 15 is 0 Å². The van der Waals surface area contributed by atoms with Crippen LogP contribution in [0.5, 0.6) is 0 Å². The Bertz CT molecular complexity index is 1580. The van der Waals surface area contributed by atoms with Crippen molar-refractivity contribution < 1.29 is 41.8 Å². The average molecular weight is 766 g/mol. The van der Waals surface area contributed by atoms with E-state index in [1.807, 2.05) is 121 Å². The summed E-state index contributed by atoms with van der Waals surface area (Å²) in [6, 6.07) is 38.0. The van der Waals surface area contributed by atoms with E-state index in [-0.39, 0.29) is 26.4 Å². The molecule has 13 heteroatoms. The third-order valence-corrected chi connectivity index (χ3v) is 9.38. The fourth-order valence-electron chi connectivity index (χ4n) is 5.23. The van der Waals surface area contributed by atoms with E-state index in [0.717, 1.165) is 22.3 Å². The number of hydrogen-bond donors (Lipinski definition) is 0. The molecule has 0 spiro atoms. The minimum absolute atomic E-state index is 0.0731. The van der Waals surface area contributed by atoms with E-state index in [4.69, 9.17) is 72.1 Å². The van der Waals surface area contributed by atoms with Crippen LogP contribution >= 0.6 is 42.6 Å². The fourth-order valence-corrected chi connectivity index (χ4v) is 7.01. The molecule has 0 radical (unpaired) electrons. The first kappa shape index (κ1) is 38.9. The van der Waals surface area contributed by atoms with E-state index in [1.54, 1.807) is 0 Å². The van der Waals surface area contributed by atoms with Gasteiger partial charge in [-0.2, -0.15) is 0 Å². The molecule has 5 rings (SSSR count). The highest BCUT2D eigenvalue weighted by Crippen LogP contribution is 2.54. The zero-order valence-corrected chi connectivity index (χ0v) is 30.6. The zero-order chi connectivity index (χ0) is 35.2. The van der Waals surface area contributed by atoms with Crippen molar-refractivity contribution in [1.29, 1.82) is 0 Å². The number of rotatable bonds is 18. The molecule has 0 bridgehead atoms. The lowest BCUT2D eigenvalue weighted by atomic mass is 9.98. The predicted octanol–water partition coefficient (Wildman–Crippen LogP) is 8.84. The molecule has 0 aliphatic carbocycles. The van der Waals surface area contributed by atoms with Crippen molar-refractivity contribution in [2.45, 2.75) is 60.9 Å². The summed E-state index contributed by atoms with van der Waals surface area (Å²) in [4.78, 5) is 0. The first-order valence-corrected chi connectivity index (χ1v) is 18.6. The molecule has 0 amide bonds. The fraction of sp³-hybridized carbons (Fsp3) is 0.351. The van der Waals surface area contributed by atoms with Crippen molar-refractivity contribution >= 4 is 42.6 Å². The number of halogens is 3. The number of phosphoric ester groups is 1. The van der Waals surface area contributed by atoms with Gasteiger partial charge in [-0.15, -0.1) is 0 Å². The summed E-state index contributed by atoms with van der Waals surface area (Å²) in [5.41, 5.74) is 3.47. The Kier molecular flexibility index (Phi) is 15.2. The SMILES string of the molecule is CO[C@H]1O[C@H](COCc2ccccc2)[C@@H](OCc2ccccc2)[C@H](OP(=O)(OCc2ccccc2)OCC(Cl)(Cl)Cl)[C@@H]1OCc1ccccc1. The van der Waals surface area contributed by atoms with Crippen molar-refractivity contribution in [2.75, 3.05) is 20.3 Å². The number of hydrogen-bond acceptors (Lipinski definition) is 9. The maximum Gasteiger partial charge on any atom is 0.475 e. The number of benzene rings is 4. The summed E-state index contributed by atoms with van der Waals surface area (Å²) in [5.74, 6) is 0. The first-order chi connectivity index (χ1) is 24.2. The molecule has 9 nitrogen and oxygen atoms in total. The molecule has 1 aliphatic heterocycles. The lowest BCUT2D eigenvalue weighted by Crippen LogP contribution is -2.61. The Morgan fingerprint density at radius 2 is 1.08 bits per heavy atom. The molecule has 1 heterocycles. The summed E-state index contributed by atoms with van der Waals surface area (Å²) >= 11 is 18.1. The molecule has 0 aromatic heterocycles. The molecule has 4 aromatic rings. The smallest absolute Gasteiger partial charge is 0.374 e. The Labute approximate surface area is 308 Å². The van der Waals surface area contributed by atoms with Crippen molar-refractivity contribution in [3.63, 3.8) is 0 Å². The average Bonchev–Trinajstić information content (AvgIpc) is 3.14. The molecule has 268 valence electrons. The quantitative estimate of drug-likeness (QED) is 0.0728. The topological polar surface area (TPSA) is 90.9 Å². The van der Waals surface area contributed by atoms with Crippen LogP contribution in [0.2, 0.25) is 0 Å². The molecule has 1 fully saturated rings. The van der Waals surface area contributed by atoms with Crippen molar-refractivity contribution in [1.82, 2.24) is 0 Å². The molecule has 6 atom stereocenters. The third-order valence-electron chi connectivity index (χ3n) is 7.66. The highest BCUT2D eigenvalue weighted by atomic mass is 35.6. The lowest BCUT2D eigenvalue weighted by molar-refractivity contribution is -0.312. The van der Waals surface area contributed by atoms with Crippen LogP contribution in [0.3, 0.4) is 0 Å². The highest BCUT2D eigenvalue weighted by Gasteiger charge is 2.52. The minimum atomic E-state index is -4.52. The van der Waals surface area contributed by atoms with Crippen LogP contribution in [0.1, 0.15) is 22.3 Å². The predicted molar refractivity (Wildman–Crippen MR) is 192 cm³/mol. The number of alkyl halides is 3. The van der Waals surface area contributed by atoms with Crippen LogP contribution in [0.15, 0.2) is 121 Å². The van der Waals surface area contributed by atoms with Gasteiger partial charge in [-0.25, -0.2) is 4.57 Å². The van der Waals surface area contributed by atoms with Gasteiger partial charge in [0.25, 0.3) is 0 Å². The van der Waals surface area contributed by atoms with Crippen LogP contribution in [0.4, 0.5) is 0 Å². The highest BCUT2D eigenvalue weighted by molar-refractivity contribution is 7.48. The zero-order valence-electron chi connectivity index (χ0n) is 27.4. The third kappa shape index (κ3) is 12.4. The van der Waals surface area contributed by atoms with E-state index in [1.165, 1.54) is 7.11 Å². The Hall–Kier alpha value is -2.34. The van der Waals surface area contributed by atoms with Gasteiger partial charge in [0, 0.05) is 7.11 Å².